The van der Waals surface area contributed by atoms with E-state index in [1.165, 1.54) is 18.1 Å². The van der Waals surface area contributed by atoms with Gasteiger partial charge in [0.25, 0.3) is 11.7 Å². The number of Topliss-reactive ketones (excluding diaryl/α,β-unsaturated/α-hetero) is 1. The summed E-state index contributed by atoms with van der Waals surface area (Å²) in [5.41, 5.74) is 1.54. The number of benzene rings is 2. The first-order valence-electron chi connectivity index (χ1n) is 9.67. The van der Waals surface area contributed by atoms with Crippen LogP contribution in [-0.2, 0) is 16.1 Å². The zero-order chi connectivity index (χ0) is 22.8. The lowest BCUT2D eigenvalue weighted by Crippen LogP contribution is -2.29. The number of pyridine rings is 1. The Morgan fingerprint density at radius 3 is 2.47 bits per heavy atom. The molecule has 1 unspecified atom stereocenters. The van der Waals surface area contributed by atoms with Crippen molar-refractivity contribution >= 4 is 40.7 Å². The van der Waals surface area contributed by atoms with Gasteiger partial charge in [0, 0.05) is 29.0 Å². The van der Waals surface area contributed by atoms with Gasteiger partial charge in [-0.3, -0.25) is 14.6 Å². The lowest BCUT2D eigenvalue weighted by molar-refractivity contribution is -0.140. The summed E-state index contributed by atoms with van der Waals surface area (Å²) in [6.45, 7) is 0.134. The van der Waals surface area contributed by atoms with Crippen LogP contribution in [0.4, 0.5) is 0 Å². The molecule has 1 aliphatic rings. The predicted octanol–water partition coefficient (Wildman–Crippen LogP) is 5.02. The van der Waals surface area contributed by atoms with E-state index < -0.39 is 17.7 Å². The monoisotopic (exact) mass is 468 g/mol. The molecule has 32 heavy (non-hydrogen) atoms. The number of hydrogen-bond acceptors (Lipinski definition) is 5. The number of amides is 1. The molecule has 1 saturated heterocycles. The number of methoxy groups -OCH3 is 1. The van der Waals surface area contributed by atoms with Crippen molar-refractivity contribution in [3.05, 3.63) is 99.3 Å². The maximum absolute atomic E-state index is 13.1. The molecule has 0 aliphatic carbocycles. The fraction of sp³-hybridized carbons (Fsp3) is 0.125. The minimum absolute atomic E-state index is 0.0539. The largest absolute Gasteiger partial charge is 0.507 e. The van der Waals surface area contributed by atoms with Gasteiger partial charge in [-0.2, -0.15) is 0 Å². The molecule has 3 aromatic rings. The number of likely N-dealkylation sites (tertiary alicyclic amines) is 1. The number of aliphatic hydroxyl groups excluding tert-OH is 1. The summed E-state index contributed by atoms with van der Waals surface area (Å²) in [5, 5.41) is 12.1. The highest BCUT2D eigenvalue weighted by Gasteiger charge is 2.46. The van der Waals surface area contributed by atoms with Crippen molar-refractivity contribution in [1.29, 1.82) is 0 Å². The van der Waals surface area contributed by atoms with E-state index in [0.717, 1.165) is 5.56 Å². The van der Waals surface area contributed by atoms with Crippen molar-refractivity contribution in [2.45, 2.75) is 12.6 Å². The molecule has 0 radical (unpaired) electrons. The summed E-state index contributed by atoms with van der Waals surface area (Å²) in [7, 11) is 1.44. The average Bonchev–Trinajstić information content (AvgIpc) is 3.04. The summed E-state index contributed by atoms with van der Waals surface area (Å²) in [5.74, 6) is -1.57. The van der Waals surface area contributed by atoms with Crippen LogP contribution in [-0.4, -0.2) is 33.8 Å². The predicted molar refractivity (Wildman–Crippen MR) is 122 cm³/mol. The molecule has 1 aromatic heterocycles. The molecule has 8 heteroatoms. The van der Waals surface area contributed by atoms with Crippen LogP contribution in [0.5, 0.6) is 5.75 Å². The molecule has 162 valence electrons. The first-order valence-corrected chi connectivity index (χ1v) is 10.4. The number of hydrogen-bond donors (Lipinski definition) is 1. The quantitative estimate of drug-likeness (QED) is 0.323. The lowest BCUT2D eigenvalue weighted by Gasteiger charge is -2.25. The van der Waals surface area contributed by atoms with Crippen LogP contribution in [0.2, 0.25) is 10.0 Å². The Bertz CT molecular complexity index is 1210. The Hall–Kier alpha value is -3.35. The number of carbonyl (C=O) groups excluding carboxylic acids is 2. The topological polar surface area (TPSA) is 79.7 Å². The zero-order valence-electron chi connectivity index (χ0n) is 17.0. The van der Waals surface area contributed by atoms with Crippen molar-refractivity contribution in [3.63, 3.8) is 0 Å². The first-order chi connectivity index (χ1) is 15.4. The molecule has 6 nitrogen and oxygen atoms in total. The molecule has 1 amide bonds. The maximum atomic E-state index is 13.1. The third-order valence-electron chi connectivity index (χ3n) is 5.22. The molecule has 4 rings (SSSR count). The molecular weight excluding hydrogens is 451 g/mol. The Labute approximate surface area is 194 Å². The van der Waals surface area contributed by atoms with Gasteiger partial charge in [-0.15, -0.1) is 0 Å². The lowest BCUT2D eigenvalue weighted by atomic mass is 9.95. The molecule has 0 spiro atoms. The second kappa shape index (κ2) is 9.02. The van der Waals surface area contributed by atoms with Gasteiger partial charge in [-0.05, 0) is 47.5 Å². The van der Waals surface area contributed by atoms with Crippen LogP contribution in [0.25, 0.3) is 5.76 Å². The fourth-order valence-electron chi connectivity index (χ4n) is 3.73. The summed E-state index contributed by atoms with van der Waals surface area (Å²) in [6.07, 6.45) is 3.25. The van der Waals surface area contributed by atoms with Gasteiger partial charge in [0.2, 0.25) is 0 Å². The second-order valence-electron chi connectivity index (χ2n) is 7.18. The van der Waals surface area contributed by atoms with E-state index in [0.29, 0.717) is 21.4 Å². The second-order valence-corrected chi connectivity index (χ2v) is 8.06. The summed E-state index contributed by atoms with van der Waals surface area (Å²) < 4.78 is 5.33. The molecule has 0 saturated carbocycles. The number of aliphatic hydroxyl groups is 1. The van der Waals surface area contributed by atoms with Crippen LogP contribution in [0.15, 0.2) is 72.6 Å². The smallest absolute Gasteiger partial charge is 0.295 e. The first kappa shape index (κ1) is 21.9. The third kappa shape index (κ3) is 4.07. The SMILES string of the molecule is COc1ccc(Cl)cc1/C(O)=C1\C(=O)C(=O)N(Cc2cccnc2)C1c1ccc(Cl)cc1. The Morgan fingerprint density at radius 2 is 1.81 bits per heavy atom. The van der Waals surface area contributed by atoms with Crippen LogP contribution in [0, 0.1) is 0 Å². The summed E-state index contributed by atoms with van der Waals surface area (Å²) >= 11 is 12.2. The van der Waals surface area contributed by atoms with Gasteiger partial charge in [-0.1, -0.05) is 41.4 Å². The van der Waals surface area contributed by atoms with Crippen molar-refractivity contribution < 1.29 is 19.4 Å². The highest BCUT2D eigenvalue weighted by Crippen LogP contribution is 2.42. The summed E-state index contributed by atoms with van der Waals surface area (Å²) in [4.78, 5) is 31.7. The van der Waals surface area contributed by atoms with Gasteiger partial charge in [-0.25, -0.2) is 0 Å². The number of ether oxygens (including phenoxy) is 1. The minimum Gasteiger partial charge on any atom is -0.507 e. The van der Waals surface area contributed by atoms with Gasteiger partial charge in [0.05, 0.1) is 24.3 Å². The fourth-order valence-corrected chi connectivity index (χ4v) is 4.03. The van der Waals surface area contributed by atoms with Crippen molar-refractivity contribution in [2.75, 3.05) is 7.11 Å². The molecule has 2 aromatic carbocycles. The molecule has 1 N–H and O–H groups in total. The van der Waals surface area contributed by atoms with Crippen LogP contribution >= 0.6 is 23.2 Å². The van der Waals surface area contributed by atoms with E-state index in [2.05, 4.69) is 4.98 Å². The number of nitrogens with zero attached hydrogens (tertiary/aromatic N) is 2. The number of halogens is 2. The maximum Gasteiger partial charge on any atom is 0.295 e. The van der Waals surface area contributed by atoms with E-state index in [1.807, 2.05) is 6.07 Å². The standard InChI is InChI=1S/C24H18Cl2N2O4/c1-32-19-9-8-17(26)11-18(19)22(29)20-21(15-4-6-16(25)7-5-15)28(24(31)23(20)30)13-14-3-2-10-27-12-14/h2-12,21,29H,13H2,1H3/b22-20+. The normalized spacial score (nSPS) is 17.6. The van der Waals surface area contributed by atoms with Crippen LogP contribution in [0.3, 0.4) is 0 Å². The van der Waals surface area contributed by atoms with Crippen LogP contribution < -0.4 is 4.74 Å². The Balaban J connectivity index is 1.91. The number of aromatic nitrogens is 1. The van der Waals surface area contributed by atoms with E-state index >= 15 is 0 Å². The highest BCUT2D eigenvalue weighted by molar-refractivity contribution is 6.46. The van der Waals surface area contributed by atoms with Gasteiger partial charge in [0.1, 0.15) is 11.5 Å². The van der Waals surface area contributed by atoms with E-state index in [-0.39, 0.29) is 23.4 Å². The molecular formula is C24H18Cl2N2O4. The molecule has 2 heterocycles. The zero-order valence-corrected chi connectivity index (χ0v) is 18.5. The minimum atomic E-state index is -0.837. The Morgan fingerprint density at radius 1 is 1.09 bits per heavy atom. The number of ketones is 1. The molecule has 0 bridgehead atoms. The van der Waals surface area contributed by atoms with Crippen molar-refractivity contribution in [1.82, 2.24) is 9.88 Å². The van der Waals surface area contributed by atoms with Gasteiger partial charge >= 0.3 is 0 Å². The van der Waals surface area contributed by atoms with E-state index in [9.17, 15) is 14.7 Å². The molecule has 1 atom stereocenters. The van der Waals surface area contributed by atoms with Gasteiger partial charge in [0.15, 0.2) is 0 Å². The average molecular weight is 469 g/mol. The summed E-state index contributed by atoms with van der Waals surface area (Å²) in [6, 6.07) is 14.2. The van der Waals surface area contributed by atoms with Crippen molar-refractivity contribution in [3.8, 4) is 5.75 Å². The molecule has 1 fully saturated rings. The van der Waals surface area contributed by atoms with Crippen molar-refractivity contribution in [2.24, 2.45) is 0 Å². The highest BCUT2D eigenvalue weighted by atomic mass is 35.5. The third-order valence-corrected chi connectivity index (χ3v) is 5.71. The van der Waals surface area contributed by atoms with Gasteiger partial charge < -0.3 is 14.7 Å². The van der Waals surface area contributed by atoms with E-state index in [4.69, 9.17) is 27.9 Å². The van der Waals surface area contributed by atoms with E-state index in [1.54, 1.807) is 54.9 Å². The number of rotatable bonds is 5. The Kier molecular flexibility index (Phi) is 6.17. The molecule has 1 aliphatic heterocycles. The number of carbonyl (C=O) groups is 2. The van der Waals surface area contributed by atoms with Crippen LogP contribution in [0.1, 0.15) is 22.7 Å².